The molecule has 1 aliphatic heterocycles. The predicted octanol–water partition coefficient (Wildman–Crippen LogP) is -0.913. The average molecular weight is 243 g/mol. The first-order chi connectivity index (χ1) is 8.07. The molecule has 0 bridgehead atoms. The Morgan fingerprint density at radius 1 is 1.59 bits per heavy atom. The van der Waals surface area contributed by atoms with Crippen LogP contribution in [0.5, 0.6) is 0 Å². The summed E-state index contributed by atoms with van der Waals surface area (Å²) in [6, 6.07) is -1.14. The van der Waals surface area contributed by atoms with E-state index in [9.17, 15) is 9.59 Å². The molecule has 2 amide bonds. The van der Waals surface area contributed by atoms with Crippen molar-refractivity contribution < 1.29 is 14.3 Å². The Hall–Kier alpha value is -1.14. The van der Waals surface area contributed by atoms with E-state index in [4.69, 9.17) is 10.5 Å². The number of amides is 2. The first kappa shape index (κ1) is 13.9. The fraction of sp³-hybridized carbons (Fsp3) is 0.818. The van der Waals surface area contributed by atoms with Gasteiger partial charge in [-0.3, -0.25) is 9.59 Å². The van der Waals surface area contributed by atoms with Gasteiger partial charge < -0.3 is 20.7 Å². The van der Waals surface area contributed by atoms with E-state index in [1.165, 1.54) is 4.90 Å². The second-order valence-electron chi connectivity index (χ2n) is 4.20. The molecular weight excluding hydrogens is 222 g/mol. The van der Waals surface area contributed by atoms with E-state index in [1.54, 1.807) is 6.92 Å². The van der Waals surface area contributed by atoms with Crippen molar-refractivity contribution in [2.45, 2.75) is 32.4 Å². The number of hydrogen-bond donors (Lipinski definition) is 2. The molecule has 1 saturated heterocycles. The van der Waals surface area contributed by atoms with E-state index in [0.29, 0.717) is 19.7 Å². The summed E-state index contributed by atoms with van der Waals surface area (Å²) in [4.78, 5) is 25.2. The van der Waals surface area contributed by atoms with Gasteiger partial charge in [-0.1, -0.05) is 6.92 Å². The largest absolute Gasteiger partial charge is 0.377 e. The molecule has 0 aromatic heterocycles. The van der Waals surface area contributed by atoms with Gasteiger partial charge in [-0.25, -0.2) is 0 Å². The fourth-order valence-electron chi connectivity index (χ4n) is 1.71. The Kier molecular flexibility index (Phi) is 5.37. The number of nitrogens with one attached hydrogen (secondary N) is 1. The summed E-state index contributed by atoms with van der Waals surface area (Å²) >= 11 is 0. The minimum absolute atomic E-state index is 0.166. The number of morpholine rings is 1. The van der Waals surface area contributed by atoms with Crippen LogP contribution in [0.25, 0.3) is 0 Å². The van der Waals surface area contributed by atoms with Crippen LogP contribution >= 0.6 is 0 Å². The van der Waals surface area contributed by atoms with Crippen molar-refractivity contribution >= 4 is 11.8 Å². The molecule has 6 nitrogen and oxygen atoms in total. The molecule has 1 aliphatic rings. The van der Waals surface area contributed by atoms with E-state index < -0.39 is 12.1 Å². The van der Waals surface area contributed by atoms with E-state index in [0.717, 1.165) is 6.42 Å². The van der Waals surface area contributed by atoms with Crippen molar-refractivity contribution in [1.29, 1.82) is 0 Å². The van der Waals surface area contributed by atoms with E-state index in [-0.39, 0.29) is 18.4 Å². The Labute approximate surface area is 101 Å². The maximum absolute atomic E-state index is 11.9. The van der Waals surface area contributed by atoms with Crippen LogP contribution in [-0.2, 0) is 14.3 Å². The third kappa shape index (κ3) is 3.67. The summed E-state index contributed by atoms with van der Waals surface area (Å²) in [6.45, 7) is 5.32. The number of nitrogens with two attached hydrogens (primary N) is 1. The van der Waals surface area contributed by atoms with Crippen LogP contribution in [0.4, 0.5) is 0 Å². The Bertz CT molecular complexity index is 281. The average Bonchev–Trinajstić information content (AvgIpc) is 2.34. The molecule has 6 heteroatoms. The Balaban J connectivity index is 2.65. The quantitative estimate of drug-likeness (QED) is 0.669. The topological polar surface area (TPSA) is 84.7 Å². The van der Waals surface area contributed by atoms with Gasteiger partial charge in [0, 0.05) is 13.1 Å². The molecule has 1 rings (SSSR count). The highest BCUT2D eigenvalue weighted by molar-refractivity contribution is 5.89. The second kappa shape index (κ2) is 6.56. The Morgan fingerprint density at radius 3 is 2.88 bits per heavy atom. The molecular formula is C11H21N3O3. The molecule has 3 N–H and O–H groups in total. The van der Waals surface area contributed by atoms with Gasteiger partial charge in [0.2, 0.25) is 11.8 Å². The van der Waals surface area contributed by atoms with Crippen molar-refractivity contribution in [3.05, 3.63) is 0 Å². The SMILES string of the molecule is CCCNC(=O)C1COCCN1C(=O)[C@@H](C)N. The van der Waals surface area contributed by atoms with Gasteiger partial charge in [-0.05, 0) is 13.3 Å². The maximum Gasteiger partial charge on any atom is 0.245 e. The van der Waals surface area contributed by atoms with Crippen LogP contribution in [0, 0.1) is 0 Å². The van der Waals surface area contributed by atoms with Crippen LogP contribution in [0.1, 0.15) is 20.3 Å². The lowest BCUT2D eigenvalue weighted by molar-refractivity contribution is -0.149. The molecule has 1 heterocycles. The van der Waals surface area contributed by atoms with Crippen LogP contribution < -0.4 is 11.1 Å². The molecule has 0 spiro atoms. The van der Waals surface area contributed by atoms with Crippen molar-refractivity contribution in [3.8, 4) is 0 Å². The summed E-state index contributed by atoms with van der Waals surface area (Å²) in [6.07, 6.45) is 0.862. The summed E-state index contributed by atoms with van der Waals surface area (Å²) < 4.78 is 5.25. The fourth-order valence-corrected chi connectivity index (χ4v) is 1.71. The van der Waals surface area contributed by atoms with E-state index in [2.05, 4.69) is 5.32 Å². The lowest BCUT2D eigenvalue weighted by atomic mass is 10.1. The van der Waals surface area contributed by atoms with Crippen LogP contribution in [0.15, 0.2) is 0 Å². The van der Waals surface area contributed by atoms with Gasteiger partial charge in [-0.2, -0.15) is 0 Å². The van der Waals surface area contributed by atoms with Gasteiger partial charge >= 0.3 is 0 Å². The molecule has 2 atom stereocenters. The number of hydrogen-bond acceptors (Lipinski definition) is 4. The zero-order chi connectivity index (χ0) is 12.8. The van der Waals surface area contributed by atoms with Crippen LogP contribution in [0.2, 0.25) is 0 Å². The van der Waals surface area contributed by atoms with Crippen molar-refractivity contribution in [1.82, 2.24) is 10.2 Å². The minimum Gasteiger partial charge on any atom is -0.377 e. The Morgan fingerprint density at radius 2 is 2.29 bits per heavy atom. The summed E-state index contributed by atoms with van der Waals surface area (Å²) in [5.74, 6) is -0.370. The number of ether oxygens (including phenoxy) is 1. The van der Waals surface area contributed by atoms with Crippen molar-refractivity contribution in [3.63, 3.8) is 0 Å². The van der Waals surface area contributed by atoms with Crippen LogP contribution in [0.3, 0.4) is 0 Å². The molecule has 0 aliphatic carbocycles. The third-order valence-electron chi connectivity index (χ3n) is 2.65. The number of rotatable bonds is 4. The lowest BCUT2D eigenvalue weighted by Gasteiger charge is -2.35. The molecule has 0 aromatic rings. The first-order valence-corrected chi connectivity index (χ1v) is 5.99. The second-order valence-corrected chi connectivity index (χ2v) is 4.20. The molecule has 1 unspecified atom stereocenters. The summed E-state index contributed by atoms with van der Waals surface area (Å²) in [5.41, 5.74) is 5.57. The van der Waals surface area contributed by atoms with Crippen molar-refractivity contribution in [2.75, 3.05) is 26.3 Å². The molecule has 0 aromatic carbocycles. The molecule has 0 radical (unpaired) electrons. The predicted molar refractivity (Wildman–Crippen MR) is 63.3 cm³/mol. The first-order valence-electron chi connectivity index (χ1n) is 5.99. The van der Waals surface area contributed by atoms with E-state index in [1.807, 2.05) is 6.92 Å². The van der Waals surface area contributed by atoms with Crippen LogP contribution in [-0.4, -0.2) is 55.1 Å². The van der Waals surface area contributed by atoms with Gasteiger partial charge in [0.05, 0.1) is 19.3 Å². The highest BCUT2D eigenvalue weighted by Crippen LogP contribution is 2.08. The molecule has 0 saturated carbocycles. The minimum atomic E-state index is -0.588. The molecule has 17 heavy (non-hydrogen) atoms. The smallest absolute Gasteiger partial charge is 0.245 e. The zero-order valence-electron chi connectivity index (χ0n) is 10.4. The maximum atomic E-state index is 11.9. The standard InChI is InChI=1S/C11H21N3O3/c1-3-4-13-10(15)9-7-17-6-5-14(9)11(16)8(2)12/h8-9H,3-7,12H2,1-2H3,(H,13,15)/t8-,9?/m1/s1. The zero-order valence-corrected chi connectivity index (χ0v) is 10.4. The van der Waals surface area contributed by atoms with Gasteiger partial charge in [0.15, 0.2) is 0 Å². The normalized spacial score (nSPS) is 22.1. The van der Waals surface area contributed by atoms with Gasteiger partial charge in [0.1, 0.15) is 6.04 Å². The highest BCUT2D eigenvalue weighted by atomic mass is 16.5. The lowest BCUT2D eigenvalue weighted by Crippen LogP contribution is -2.58. The monoisotopic (exact) mass is 243 g/mol. The number of nitrogens with zero attached hydrogens (tertiary/aromatic N) is 1. The van der Waals surface area contributed by atoms with Crippen molar-refractivity contribution in [2.24, 2.45) is 5.73 Å². The summed E-state index contributed by atoms with van der Waals surface area (Å²) in [5, 5.41) is 2.77. The van der Waals surface area contributed by atoms with E-state index >= 15 is 0 Å². The third-order valence-corrected chi connectivity index (χ3v) is 2.65. The number of carbonyl (C=O) groups excluding carboxylic acids is 2. The number of carbonyl (C=O) groups is 2. The van der Waals surface area contributed by atoms with Gasteiger partial charge in [-0.15, -0.1) is 0 Å². The molecule has 98 valence electrons. The summed E-state index contributed by atoms with van der Waals surface area (Å²) in [7, 11) is 0. The van der Waals surface area contributed by atoms with Gasteiger partial charge in [0.25, 0.3) is 0 Å². The molecule has 1 fully saturated rings. The highest BCUT2D eigenvalue weighted by Gasteiger charge is 2.33.